The zero-order chi connectivity index (χ0) is 12.0. The molecule has 0 aliphatic rings. The average molecular weight is 221 g/mol. The van der Waals surface area contributed by atoms with E-state index in [0.717, 1.165) is 12.1 Å². The van der Waals surface area contributed by atoms with Gasteiger partial charge in [-0.1, -0.05) is 38.1 Å². The van der Waals surface area contributed by atoms with Crippen molar-refractivity contribution in [1.82, 2.24) is 5.32 Å². The molecule has 1 aromatic carbocycles. The number of rotatable bonds is 6. The highest BCUT2D eigenvalue weighted by Gasteiger charge is 2.00. The number of carboxylic acid groups (broad SMARTS) is 1. The highest BCUT2D eigenvalue weighted by atomic mass is 16.4. The molecule has 0 radical (unpaired) electrons. The molecule has 1 aromatic rings. The van der Waals surface area contributed by atoms with Crippen LogP contribution >= 0.6 is 0 Å². The number of hydrogen-bond donors (Lipinski definition) is 2. The van der Waals surface area contributed by atoms with E-state index in [1.165, 1.54) is 5.56 Å². The normalized spacial score (nSPS) is 10.7. The van der Waals surface area contributed by atoms with Gasteiger partial charge in [0.25, 0.3) is 0 Å². The molecule has 88 valence electrons. The SMILES string of the molecule is CC(C)NCc1cccc(CCC(=O)O)c1. The van der Waals surface area contributed by atoms with Crippen LogP contribution in [0.1, 0.15) is 31.4 Å². The third-order valence-corrected chi connectivity index (χ3v) is 2.33. The Morgan fingerprint density at radius 3 is 2.69 bits per heavy atom. The molecule has 3 heteroatoms. The predicted molar refractivity (Wildman–Crippen MR) is 64.4 cm³/mol. The Balaban J connectivity index is 2.53. The third-order valence-electron chi connectivity index (χ3n) is 2.33. The molecule has 0 bridgehead atoms. The highest BCUT2D eigenvalue weighted by molar-refractivity contribution is 5.67. The van der Waals surface area contributed by atoms with Crippen molar-refractivity contribution in [2.75, 3.05) is 0 Å². The first-order valence-electron chi connectivity index (χ1n) is 5.61. The molecule has 16 heavy (non-hydrogen) atoms. The Hall–Kier alpha value is -1.35. The van der Waals surface area contributed by atoms with Crippen molar-refractivity contribution < 1.29 is 9.90 Å². The molecular formula is C13H19NO2. The monoisotopic (exact) mass is 221 g/mol. The first kappa shape index (κ1) is 12.7. The lowest BCUT2D eigenvalue weighted by atomic mass is 10.1. The number of carbonyl (C=O) groups is 1. The molecule has 0 heterocycles. The summed E-state index contributed by atoms with van der Waals surface area (Å²) < 4.78 is 0. The van der Waals surface area contributed by atoms with E-state index in [-0.39, 0.29) is 6.42 Å². The van der Waals surface area contributed by atoms with Crippen LogP contribution in [0.25, 0.3) is 0 Å². The third kappa shape index (κ3) is 4.94. The van der Waals surface area contributed by atoms with Gasteiger partial charge < -0.3 is 10.4 Å². The molecule has 0 fully saturated rings. The number of benzene rings is 1. The van der Waals surface area contributed by atoms with Crippen LogP contribution in [0.3, 0.4) is 0 Å². The molecule has 0 aliphatic heterocycles. The van der Waals surface area contributed by atoms with Crippen LogP contribution in [-0.2, 0) is 17.8 Å². The lowest BCUT2D eigenvalue weighted by molar-refractivity contribution is -0.136. The largest absolute Gasteiger partial charge is 0.481 e. The number of aryl methyl sites for hydroxylation is 1. The maximum Gasteiger partial charge on any atom is 0.303 e. The van der Waals surface area contributed by atoms with Crippen molar-refractivity contribution in [1.29, 1.82) is 0 Å². The lowest BCUT2D eigenvalue weighted by Crippen LogP contribution is -2.21. The zero-order valence-electron chi connectivity index (χ0n) is 9.86. The van der Waals surface area contributed by atoms with Gasteiger partial charge in [0.1, 0.15) is 0 Å². The summed E-state index contributed by atoms with van der Waals surface area (Å²) >= 11 is 0. The second-order valence-corrected chi connectivity index (χ2v) is 4.25. The maximum atomic E-state index is 10.5. The summed E-state index contributed by atoms with van der Waals surface area (Å²) in [6.07, 6.45) is 0.798. The van der Waals surface area contributed by atoms with Crippen LogP contribution in [0.15, 0.2) is 24.3 Å². The number of hydrogen-bond acceptors (Lipinski definition) is 2. The Kier molecular flexibility index (Phi) is 4.99. The molecule has 0 aromatic heterocycles. The van der Waals surface area contributed by atoms with E-state index in [4.69, 9.17) is 5.11 Å². The molecule has 0 saturated heterocycles. The quantitative estimate of drug-likeness (QED) is 0.774. The van der Waals surface area contributed by atoms with Crippen LogP contribution in [0.4, 0.5) is 0 Å². The minimum Gasteiger partial charge on any atom is -0.481 e. The van der Waals surface area contributed by atoms with Gasteiger partial charge in [0, 0.05) is 19.0 Å². The first-order valence-corrected chi connectivity index (χ1v) is 5.61. The van der Waals surface area contributed by atoms with Gasteiger partial charge in [-0.25, -0.2) is 0 Å². The van der Waals surface area contributed by atoms with Crippen LogP contribution in [0.5, 0.6) is 0 Å². The van der Waals surface area contributed by atoms with Gasteiger partial charge in [-0.3, -0.25) is 4.79 Å². The summed E-state index contributed by atoms with van der Waals surface area (Å²) in [5.41, 5.74) is 2.29. The van der Waals surface area contributed by atoms with Crippen LogP contribution in [0.2, 0.25) is 0 Å². The second-order valence-electron chi connectivity index (χ2n) is 4.25. The molecule has 0 saturated carbocycles. The van der Waals surface area contributed by atoms with Crippen LogP contribution in [-0.4, -0.2) is 17.1 Å². The molecule has 0 atom stereocenters. The summed E-state index contributed by atoms with van der Waals surface area (Å²) in [4.78, 5) is 10.5. The zero-order valence-corrected chi connectivity index (χ0v) is 9.86. The summed E-state index contributed by atoms with van der Waals surface area (Å²) in [7, 11) is 0. The number of nitrogens with one attached hydrogen (secondary N) is 1. The summed E-state index contributed by atoms with van der Waals surface area (Å²) in [6, 6.07) is 8.54. The van der Waals surface area contributed by atoms with E-state index in [1.807, 2.05) is 12.1 Å². The van der Waals surface area contributed by atoms with Gasteiger partial charge in [-0.15, -0.1) is 0 Å². The fourth-order valence-electron chi connectivity index (χ4n) is 1.47. The molecule has 1 rings (SSSR count). The first-order chi connectivity index (χ1) is 7.58. The van der Waals surface area contributed by atoms with Crippen molar-refractivity contribution in [3.8, 4) is 0 Å². The average Bonchev–Trinajstić information content (AvgIpc) is 2.24. The van der Waals surface area contributed by atoms with E-state index in [2.05, 4.69) is 31.3 Å². The number of aliphatic carboxylic acids is 1. The van der Waals surface area contributed by atoms with E-state index >= 15 is 0 Å². The Morgan fingerprint density at radius 1 is 1.38 bits per heavy atom. The molecule has 3 nitrogen and oxygen atoms in total. The molecule has 0 aliphatic carbocycles. The summed E-state index contributed by atoms with van der Waals surface area (Å²) in [5.74, 6) is -0.745. The van der Waals surface area contributed by atoms with Crippen molar-refractivity contribution >= 4 is 5.97 Å². The lowest BCUT2D eigenvalue weighted by Gasteiger charge is -2.09. The molecule has 0 spiro atoms. The van der Waals surface area contributed by atoms with Crippen molar-refractivity contribution in [3.05, 3.63) is 35.4 Å². The Morgan fingerprint density at radius 2 is 2.06 bits per heavy atom. The van der Waals surface area contributed by atoms with E-state index in [9.17, 15) is 4.79 Å². The summed E-state index contributed by atoms with van der Waals surface area (Å²) in [6.45, 7) is 5.04. The predicted octanol–water partition coefficient (Wildman–Crippen LogP) is 2.20. The van der Waals surface area contributed by atoms with Crippen molar-refractivity contribution in [2.24, 2.45) is 0 Å². The smallest absolute Gasteiger partial charge is 0.303 e. The van der Waals surface area contributed by atoms with Gasteiger partial charge in [-0.05, 0) is 17.5 Å². The van der Waals surface area contributed by atoms with E-state index < -0.39 is 5.97 Å². The van der Waals surface area contributed by atoms with Gasteiger partial charge >= 0.3 is 5.97 Å². The summed E-state index contributed by atoms with van der Waals surface area (Å²) in [5, 5.41) is 11.9. The van der Waals surface area contributed by atoms with Crippen molar-refractivity contribution in [3.63, 3.8) is 0 Å². The van der Waals surface area contributed by atoms with Gasteiger partial charge in [-0.2, -0.15) is 0 Å². The van der Waals surface area contributed by atoms with Crippen LogP contribution < -0.4 is 5.32 Å². The number of carboxylic acids is 1. The van der Waals surface area contributed by atoms with E-state index in [1.54, 1.807) is 0 Å². The van der Waals surface area contributed by atoms with Crippen molar-refractivity contribution in [2.45, 2.75) is 39.3 Å². The molecular weight excluding hydrogens is 202 g/mol. The second kappa shape index (κ2) is 6.28. The minimum absolute atomic E-state index is 0.195. The Labute approximate surface area is 96.5 Å². The van der Waals surface area contributed by atoms with Gasteiger partial charge in [0.05, 0.1) is 0 Å². The highest BCUT2D eigenvalue weighted by Crippen LogP contribution is 2.07. The topological polar surface area (TPSA) is 49.3 Å². The molecule has 2 N–H and O–H groups in total. The fraction of sp³-hybridized carbons (Fsp3) is 0.462. The van der Waals surface area contributed by atoms with Gasteiger partial charge in [0.2, 0.25) is 0 Å². The van der Waals surface area contributed by atoms with Crippen LogP contribution in [0, 0.1) is 0 Å². The standard InChI is InChI=1S/C13H19NO2/c1-10(2)14-9-12-5-3-4-11(8-12)6-7-13(15)16/h3-5,8,10,14H,6-7,9H2,1-2H3,(H,15,16). The minimum atomic E-state index is -0.745. The fourth-order valence-corrected chi connectivity index (χ4v) is 1.47. The Bertz CT molecular complexity index is 348. The molecule has 0 amide bonds. The molecule has 0 unspecified atom stereocenters. The van der Waals surface area contributed by atoms with Gasteiger partial charge in [0.15, 0.2) is 0 Å². The maximum absolute atomic E-state index is 10.5. The van der Waals surface area contributed by atoms with E-state index in [0.29, 0.717) is 12.5 Å².